The standard InChI is InChI=1S/C25H28FN5O3S/c1-2-34-25(33)30-14-12-19(13-15-30)27-22(32)17-35-24-29-28-23(20-10-6-7-11-21(20)26)31(24)16-18-8-4-3-5-9-18/h3-11,19H,2,12-17H2,1H3,(H,27,32). The zero-order valence-electron chi connectivity index (χ0n) is 19.5. The van der Waals surface area contributed by atoms with Gasteiger partial charge in [-0.05, 0) is 37.5 Å². The molecule has 1 saturated heterocycles. The molecule has 1 N–H and O–H groups in total. The Morgan fingerprint density at radius 2 is 1.80 bits per heavy atom. The Bertz CT molecular complexity index is 1150. The molecule has 2 heterocycles. The Kier molecular flexibility index (Phi) is 8.36. The third-order valence-corrected chi connectivity index (χ3v) is 6.70. The minimum atomic E-state index is -0.377. The van der Waals surface area contributed by atoms with Gasteiger partial charge in [-0.1, -0.05) is 54.2 Å². The van der Waals surface area contributed by atoms with Gasteiger partial charge in [0.05, 0.1) is 24.5 Å². The van der Waals surface area contributed by atoms with Crippen LogP contribution in [0.4, 0.5) is 9.18 Å². The molecule has 4 rings (SSSR count). The van der Waals surface area contributed by atoms with E-state index in [9.17, 15) is 14.0 Å². The molecular weight excluding hydrogens is 469 g/mol. The van der Waals surface area contributed by atoms with Crippen LogP contribution >= 0.6 is 11.8 Å². The molecule has 0 bridgehead atoms. The third-order valence-electron chi connectivity index (χ3n) is 5.73. The van der Waals surface area contributed by atoms with E-state index in [0.29, 0.717) is 55.6 Å². The number of nitrogens with one attached hydrogen (secondary N) is 1. The van der Waals surface area contributed by atoms with Gasteiger partial charge in [-0.25, -0.2) is 9.18 Å². The van der Waals surface area contributed by atoms with Crippen molar-refractivity contribution in [1.29, 1.82) is 0 Å². The van der Waals surface area contributed by atoms with Crippen molar-refractivity contribution >= 4 is 23.8 Å². The van der Waals surface area contributed by atoms with Crippen molar-refractivity contribution in [2.45, 2.75) is 37.5 Å². The maximum atomic E-state index is 14.5. The summed E-state index contributed by atoms with van der Waals surface area (Å²) < 4.78 is 21.4. The molecule has 8 nitrogen and oxygen atoms in total. The molecule has 2 amide bonds. The van der Waals surface area contributed by atoms with E-state index in [4.69, 9.17) is 4.74 Å². The molecule has 1 fully saturated rings. The number of carbonyl (C=O) groups is 2. The lowest BCUT2D eigenvalue weighted by atomic mass is 10.1. The summed E-state index contributed by atoms with van der Waals surface area (Å²) in [5.41, 5.74) is 1.38. The first-order valence-corrected chi connectivity index (χ1v) is 12.6. The lowest BCUT2D eigenvalue weighted by Crippen LogP contribution is -2.47. The molecule has 1 aliphatic heterocycles. The number of hydrogen-bond acceptors (Lipinski definition) is 6. The van der Waals surface area contributed by atoms with Crippen LogP contribution in [0, 0.1) is 5.82 Å². The molecule has 0 spiro atoms. The topological polar surface area (TPSA) is 89.3 Å². The molecule has 0 atom stereocenters. The summed E-state index contributed by atoms with van der Waals surface area (Å²) >= 11 is 1.27. The second kappa shape index (κ2) is 11.8. The number of halogens is 1. The average molecular weight is 498 g/mol. The first kappa shape index (κ1) is 24.7. The van der Waals surface area contributed by atoms with Crippen LogP contribution in [0.3, 0.4) is 0 Å². The first-order chi connectivity index (χ1) is 17.0. The summed E-state index contributed by atoms with van der Waals surface area (Å²) in [5.74, 6) is 0.0765. The van der Waals surface area contributed by atoms with Crippen molar-refractivity contribution in [1.82, 2.24) is 25.0 Å². The highest BCUT2D eigenvalue weighted by atomic mass is 32.2. The first-order valence-electron chi connectivity index (χ1n) is 11.6. The average Bonchev–Trinajstić information content (AvgIpc) is 3.26. The van der Waals surface area contributed by atoms with E-state index >= 15 is 0 Å². The van der Waals surface area contributed by atoms with E-state index in [-0.39, 0.29) is 29.6 Å². The third kappa shape index (κ3) is 6.39. The Morgan fingerprint density at radius 1 is 1.09 bits per heavy atom. The van der Waals surface area contributed by atoms with Crippen molar-refractivity contribution in [3.05, 3.63) is 66.0 Å². The molecule has 184 valence electrons. The molecule has 1 aromatic heterocycles. The Labute approximate surface area is 207 Å². The van der Waals surface area contributed by atoms with Gasteiger partial charge in [-0.3, -0.25) is 9.36 Å². The zero-order valence-corrected chi connectivity index (χ0v) is 20.3. The highest BCUT2D eigenvalue weighted by molar-refractivity contribution is 7.99. The van der Waals surface area contributed by atoms with Crippen LogP contribution in [0.5, 0.6) is 0 Å². The van der Waals surface area contributed by atoms with Gasteiger partial charge in [-0.15, -0.1) is 10.2 Å². The monoisotopic (exact) mass is 497 g/mol. The molecule has 3 aromatic rings. The van der Waals surface area contributed by atoms with E-state index in [1.54, 1.807) is 30.0 Å². The maximum Gasteiger partial charge on any atom is 0.409 e. The molecule has 0 radical (unpaired) electrons. The number of nitrogens with zero attached hydrogens (tertiary/aromatic N) is 4. The van der Waals surface area contributed by atoms with E-state index in [1.807, 2.05) is 34.9 Å². The summed E-state index contributed by atoms with van der Waals surface area (Å²) in [6, 6.07) is 16.2. The van der Waals surface area contributed by atoms with Crippen molar-refractivity contribution in [3.63, 3.8) is 0 Å². The fourth-order valence-corrected chi connectivity index (χ4v) is 4.72. The minimum absolute atomic E-state index is 0.00457. The lowest BCUT2D eigenvalue weighted by Gasteiger charge is -2.31. The quantitative estimate of drug-likeness (QED) is 0.474. The van der Waals surface area contributed by atoms with Crippen LogP contribution in [0.2, 0.25) is 0 Å². The van der Waals surface area contributed by atoms with E-state index in [0.717, 1.165) is 5.56 Å². The summed E-state index contributed by atoms with van der Waals surface area (Å²) in [6.07, 6.45) is 1.05. The van der Waals surface area contributed by atoms with Gasteiger partial charge in [0.15, 0.2) is 11.0 Å². The fourth-order valence-electron chi connectivity index (χ4n) is 3.97. The molecule has 0 saturated carbocycles. The van der Waals surface area contributed by atoms with Crippen LogP contribution in [-0.4, -0.2) is 63.2 Å². The van der Waals surface area contributed by atoms with Crippen LogP contribution < -0.4 is 5.32 Å². The predicted octanol–water partition coefficient (Wildman–Crippen LogP) is 3.96. The number of ether oxygens (including phenoxy) is 1. The summed E-state index contributed by atoms with van der Waals surface area (Å²) in [6.45, 7) is 3.68. The second-order valence-corrected chi connectivity index (χ2v) is 9.12. The Balaban J connectivity index is 1.40. The maximum absolute atomic E-state index is 14.5. The number of rotatable bonds is 8. The summed E-state index contributed by atoms with van der Waals surface area (Å²) in [7, 11) is 0. The van der Waals surface area contributed by atoms with Gasteiger partial charge in [0, 0.05) is 19.1 Å². The fraction of sp³-hybridized carbons (Fsp3) is 0.360. The van der Waals surface area contributed by atoms with Crippen molar-refractivity contribution in [3.8, 4) is 11.4 Å². The number of carbonyl (C=O) groups excluding carboxylic acids is 2. The zero-order chi connectivity index (χ0) is 24.6. The van der Waals surface area contributed by atoms with Gasteiger partial charge in [0.2, 0.25) is 5.91 Å². The molecule has 0 unspecified atom stereocenters. The molecule has 2 aromatic carbocycles. The molecule has 0 aliphatic carbocycles. The predicted molar refractivity (Wildman–Crippen MR) is 131 cm³/mol. The van der Waals surface area contributed by atoms with Gasteiger partial charge in [0.25, 0.3) is 0 Å². The molecule has 1 aliphatic rings. The minimum Gasteiger partial charge on any atom is -0.450 e. The van der Waals surface area contributed by atoms with Crippen molar-refractivity contribution in [2.75, 3.05) is 25.4 Å². The highest BCUT2D eigenvalue weighted by Crippen LogP contribution is 2.27. The van der Waals surface area contributed by atoms with Crippen molar-refractivity contribution in [2.24, 2.45) is 0 Å². The number of likely N-dealkylation sites (tertiary alicyclic amines) is 1. The van der Waals surface area contributed by atoms with E-state index in [1.165, 1.54) is 17.8 Å². The molecule has 35 heavy (non-hydrogen) atoms. The van der Waals surface area contributed by atoms with Crippen LogP contribution in [0.15, 0.2) is 59.8 Å². The van der Waals surface area contributed by atoms with Crippen LogP contribution in [0.1, 0.15) is 25.3 Å². The number of thioether (sulfide) groups is 1. The highest BCUT2D eigenvalue weighted by Gasteiger charge is 2.25. The van der Waals surface area contributed by atoms with Crippen LogP contribution in [0.25, 0.3) is 11.4 Å². The molecular formula is C25H28FN5O3S. The number of benzene rings is 2. The summed E-state index contributed by atoms with van der Waals surface area (Å²) in [4.78, 5) is 26.2. The van der Waals surface area contributed by atoms with E-state index in [2.05, 4.69) is 15.5 Å². The smallest absolute Gasteiger partial charge is 0.409 e. The summed E-state index contributed by atoms with van der Waals surface area (Å²) in [5, 5.41) is 12.1. The van der Waals surface area contributed by atoms with Crippen LogP contribution in [-0.2, 0) is 16.1 Å². The second-order valence-electron chi connectivity index (χ2n) is 8.17. The van der Waals surface area contributed by atoms with Gasteiger partial charge in [-0.2, -0.15) is 0 Å². The molecule has 10 heteroatoms. The van der Waals surface area contributed by atoms with Gasteiger partial charge in [0.1, 0.15) is 5.82 Å². The van der Waals surface area contributed by atoms with Gasteiger partial charge < -0.3 is 15.0 Å². The number of amides is 2. The normalized spacial score (nSPS) is 14.1. The lowest BCUT2D eigenvalue weighted by molar-refractivity contribution is -0.119. The van der Waals surface area contributed by atoms with Crippen molar-refractivity contribution < 1.29 is 18.7 Å². The Hall–Kier alpha value is -3.40. The number of aromatic nitrogens is 3. The largest absolute Gasteiger partial charge is 0.450 e. The number of piperidine rings is 1. The number of hydrogen-bond donors (Lipinski definition) is 1. The van der Waals surface area contributed by atoms with Gasteiger partial charge >= 0.3 is 6.09 Å². The Morgan fingerprint density at radius 3 is 2.51 bits per heavy atom. The SMILES string of the molecule is CCOC(=O)N1CCC(NC(=O)CSc2nnc(-c3ccccc3F)n2Cc2ccccc2)CC1. The van der Waals surface area contributed by atoms with E-state index < -0.39 is 0 Å².